The first-order chi connectivity index (χ1) is 13.2. The van der Waals surface area contributed by atoms with Crippen LogP contribution in [0.3, 0.4) is 0 Å². The highest BCUT2D eigenvalue weighted by molar-refractivity contribution is 7.98. The molecule has 0 aliphatic carbocycles. The molecule has 0 saturated heterocycles. The molecule has 0 saturated carbocycles. The van der Waals surface area contributed by atoms with Gasteiger partial charge in [0.2, 0.25) is 5.91 Å². The molecule has 1 amide bonds. The molecule has 0 spiro atoms. The van der Waals surface area contributed by atoms with Crippen LogP contribution in [0, 0.1) is 6.92 Å². The molecule has 0 radical (unpaired) electrons. The maximum Gasteiger partial charge on any atom is 0.225 e. The van der Waals surface area contributed by atoms with Crippen LogP contribution in [-0.2, 0) is 22.7 Å². The smallest absolute Gasteiger partial charge is 0.225 e. The molecule has 0 atom stereocenters. The van der Waals surface area contributed by atoms with Gasteiger partial charge in [-0.1, -0.05) is 48.5 Å². The van der Waals surface area contributed by atoms with E-state index in [0.29, 0.717) is 6.42 Å². The fraction of sp³-hybridized carbons (Fsp3) is 0.273. The van der Waals surface area contributed by atoms with Crippen LogP contribution >= 0.6 is 11.8 Å². The van der Waals surface area contributed by atoms with Crippen molar-refractivity contribution in [1.82, 2.24) is 9.78 Å². The second-order valence-corrected chi connectivity index (χ2v) is 7.84. The number of carbonyl (C=O) groups is 1. The SMILES string of the molecule is Cc1ccccc1-n1nc2c(c1NC(=O)CCCc1ccccc1)CSC2. The van der Waals surface area contributed by atoms with Gasteiger partial charge in [-0.2, -0.15) is 16.9 Å². The second kappa shape index (κ2) is 8.01. The van der Waals surface area contributed by atoms with Crippen molar-refractivity contribution in [3.05, 3.63) is 77.0 Å². The predicted octanol–water partition coefficient (Wildman–Crippen LogP) is 4.89. The maximum absolute atomic E-state index is 12.6. The summed E-state index contributed by atoms with van der Waals surface area (Å²) in [7, 11) is 0. The fourth-order valence-electron chi connectivity index (χ4n) is 3.41. The highest BCUT2D eigenvalue weighted by atomic mass is 32.2. The van der Waals surface area contributed by atoms with Gasteiger partial charge in [0.1, 0.15) is 5.82 Å². The van der Waals surface area contributed by atoms with Crippen molar-refractivity contribution in [2.24, 2.45) is 0 Å². The summed E-state index contributed by atoms with van der Waals surface area (Å²) in [6.45, 7) is 2.07. The maximum atomic E-state index is 12.6. The predicted molar refractivity (Wildman–Crippen MR) is 111 cm³/mol. The lowest BCUT2D eigenvalue weighted by Crippen LogP contribution is -2.16. The van der Waals surface area contributed by atoms with Gasteiger partial charge < -0.3 is 5.32 Å². The van der Waals surface area contributed by atoms with Gasteiger partial charge in [0.15, 0.2) is 0 Å². The number of nitrogens with zero attached hydrogens (tertiary/aromatic N) is 2. The van der Waals surface area contributed by atoms with Crippen LogP contribution in [-0.4, -0.2) is 15.7 Å². The van der Waals surface area contributed by atoms with E-state index in [4.69, 9.17) is 5.10 Å². The van der Waals surface area contributed by atoms with Crippen molar-refractivity contribution in [2.75, 3.05) is 5.32 Å². The van der Waals surface area contributed by atoms with Gasteiger partial charge in [0.05, 0.1) is 11.4 Å². The Bertz CT molecular complexity index is 949. The number of anilines is 1. The van der Waals surface area contributed by atoms with Crippen LogP contribution in [0.1, 0.15) is 35.2 Å². The minimum atomic E-state index is 0.0559. The first-order valence-corrected chi connectivity index (χ1v) is 10.5. The number of hydrogen-bond donors (Lipinski definition) is 1. The van der Waals surface area contributed by atoms with Crippen LogP contribution in [0.15, 0.2) is 54.6 Å². The van der Waals surface area contributed by atoms with Crippen molar-refractivity contribution in [3.63, 3.8) is 0 Å². The van der Waals surface area contributed by atoms with Crippen molar-refractivity contribution in [1.29, 1.82) is 0 Å². The van der Waals surface area contributed by atoms with Gasteiger partial charge >= 0.3 is 0 Å². The normalized spacial score (nSPS) is 12.8. The largest absolute Gasteiger partial charge is 0.310 e. The first kappa shape index (κ1) is 17.9. The quantitative estimate of drug-likeness (QED) is 0.665. The molecule has 2 aromatic carbocycles. The summed E-state index contributed by atoms with van der Waals surface area (Å²) in [4.78, 5) is 12.6. The van der Waals surface area contributed by atoms with Crippen molar-refractivity contribution in [2.45, 2.75) is 37.7 Å². The number of para-hydroxylation sites is 1. The Morgan fingerprint density at radius 3 is 2.70 bits per heavy atom. The van der Waals surface area contributed by atoms with Crippen LogP contribution in [0.2, 0.25) is 0 Å². The molecular formula is C22H23N3OS. The average molecular weight is 378 g/mol. The van der Waals surface area contributed by atoms with Crippen molar-refractivity contribution >= 4 is 23.5 Å². The van der Waals surface area contributed by atoms with E-state index >= 15 is 0 Å². The molecule has 5 heteroatoms. The highest BCUT2D eigenvalue weighted by Crippen LogP contribution is 2.36. The molecule has 27 heavy (non-hydrogen) atoms. The van der Waals surface area contributed by atoms with Crippen LogP contribution in [0.4, 0.5) is 5.82 Å². The molecule has 0 bridgehead atoms. The number of nitrogens with one attached hydrogen (secondary N) is 1. The van der Waals surface area contributed by atoms with Crippen LogP contribution in [0.25, 0.3) is 5.69 Å². The Balaban J connectivity index is 1.50. The Morgan fingerprint density at radius 2 is 1.89 bits per heavy atom. The number of rotatable bonds is 6. The van der Waals surface area contributed by atoms with E-state index in [1.807, 2.05) is 46.8 Å². The monoisotopic (exact) mass is 377 g/mol. The van der Waals surface area contributed by atoms with Gasteiger partial charge in [0.25, 0.3) is 0 Å². The average Bonchev–Trinajstić information content (AvgIpc) is 3.26. The number of aryl methyl sites for hydroxylation is 2. The summed E-state index contributed by atoms with van der Waals surface area (Å²) < 4.78 is 1.91. The number of thioether (sulfide) groups is 1. The van der Waals surface area contributed by atoms with Crippen molar-refractivity contribution < 1.29 is 4.79 Å². The molecule has 0 unspecified atom stereocenters. The lowest BCUT2D eigenvalue weighted by atomic mass is 10.1. The van der Waals surface area contributed by atoms with E-state index in [2.05, 4.69) is 36.5 Å². The summed E-state index contributed by atoms with van der Waals surface area (Å²) in [5.74, 6) is 2.71. The number of fused-ring (bicyclic) bond motifs is 1. The number of carbonyl (C=O) groups excluding carboxylic acids is 1. The van der Waals surface area contributed by atoms with E-state index in [0.717, 1.165) is 47.1 Å². The summed E-state index contributed by atoms with van der Waals surface area (Å²) in [6.07, 6.45) is 2.26. The summed E-state index contributed by atoms with van der Waals surface area (Å²) >= 11 is 1.85. The Hall–Kier alpha value is -2.53. The minimum absolute atomic E-state index is 0.0559. The molecule has 138 valence electrons. The zero-order valence-electron chi connectivity index (χ0n) is 15.4. The molecule has 1 aliphatic rings. The Kier molecular flexibility index (Phi) is 5.30. The molecule has 1 aromatic heterocycles. The lowest BCUT2D eigenvalue weighted by molar-refractivity contribution is -0.116. The van der Waals surface area contributed by atoms with Crippen LogP contribution < -0.4 is 5.32 Å². The summed E-state index contributed by atoms with van der Waals surface area (Å²) in [5, 5.41) is 7.93. The minimum Gasteiger partial charge on any atom is -0.310 e. The van der Waals surface area contributed by atoms with E-state index < -0.39 is 0 Å². The van der Waals surface area contributed by atoms with Gasteiger partial charge in [-0.3, -0.25) is 4.79 Å². The van der Waals surface area contributed by atoms with E-state index in [9.17, 15) is 4.79 Å². The Morgan fingerprint density at radius 1 is 1.11 bits per heavy atom. The number of amides is 1. The summed E-state index contributed by atoms with van der Waals surface area (Å²) in [6, 6.07) is 18.5. The van der Waals surface area contributed by atoms with E-state index in [1.165, 1.54) is 11.1 Å². The highest BCUT2D eigenvalue weighted by Gasteiger charge is 2.25. The molecule has 4 nitrogen and oxygen atoms in total. The Labute approximate surface area is 164 Å². The van der Waals surface area contributed by atoms with Gasteiger partial charge in [-0.05, 0) is 37.0 Å². The molecule has 1 N–H and O–H groups in total. The van der Waals surface area contributed by atoms with E-state index in [1.54, 1.807) is 0 Å². The molecule has 3 aromatic rings. The number of hydrogen-bond acceptors (Lipinski definition) is 3. The first-order valence-electron chi connectivity index (χ1n) is 9.30. The number of aromatic nitrogens is 2. The standard InChI is InChI=1S/C22H23N3OS/c1-16-8-5-6-12-20(16)25-22(18-14-27-15-19(18)24-25)23-21(26)13-7-11-17-9-3-2-4-10-17/h2-6,8-10,12H,7,11,13-15H2,1H3,(H,23,26). The zero-order chi connectivity index (χ0) is 18.6. The number of benzene rings is 2. The topological polar surface area (TPSA) is 46.9 Å². The van der Waals surface area contributed by atoms with Gasteiger partial charge in [-0.15, -0.1) is 0 Å². The second-order valence-electron chi connectivity index (χ2n) is 6.85. The molecule has 0 fully saturated rings. The summed E-state index contributed by atoms with van der Waals surface area (Å²) in [5.41, 5.74) is 5.69. The molecule has 4 rings (SSSR count). The molecule has 2 heterocycles. The molecular weight excluding hydrogens is 354 g/mol. The van der Waals surface area contributed by atoms with Crippen molar-refractivity contribution in [3.8, 4) is 5.69 Å². The third kappa shape index (κ3) is 3.93. The van der Waals surface area contributed by atoms with Gasteiger partial charge in [-0.25, -0.2) is 4.68 Å². The fourth-order valence-corrected chi connectivity index (χ4v) is 4.44. The van der Waals surface area contributed by atoms with Gasteiger partial charge in [0, 0.05) is 23.5 Å². The third-order valence-corrected chi connectivity index (χ3v) is 5.84. The lowest BCUT2D eigenvalue weighted by Gasteiger charge is -2.13. The molecule has 1 aliphatic heterocycles. The zero-order valence-corrected chi connectivity index (χ0v) is 16.3. The van der Waals surface area contributed by atoms with Crippen LogP contribution in [0.5, 0.6) is 0 Å². The van der Waals surface area contributed by atoms with E-state index in [-0.39, 0.29) is 5.91 Å². The third-order valence-electron chi connectivity index (χ3n) is 4.87.